The molecule has 0 bridgehead atoms. The van der Waals surface area contributed by atoms with Gasteiger partial charge in [-0.3, -0.25) is 4.99 Å². The quantitative estimate of drug-likeness (QED) is 0.476. The summed E-state index contributed by atoms with van der Waals surface area (Å²) >= 11 is 0. The van der Waals surface area contributed by atoms with Crippen LogP contribution in [0.5, 0.6) is 0 Å². The normalized spacial score (nSPS) is 10.0. The molecule has 3 nitrogen and oxygen atoms in total. The van der Waals surface area contributed by atoms with E-state index in [1.165, 1.54) is 0 Å². The highest BCUT2D eigenvalue weighted by atomic mass is 14.7. The number of hydrogen-bond acceptors (Lipinski definition) is 3. The molecule has 0 atom stereocenters. The number of nitrogens with two attached hydrogens (primary N) is 2. The van der Waals surface area contributed by atoms with E-state index in [-0.39, 0.29) is 6.67 Å². The second kappa shape index (κ2) is 12.3. The van der Waals surface area contributed by atoms with Crippen LogP contribution in [0.2, 0.25) is 0 Å². The highest BCUT2D eigenvalue weighted by Gasteiger charge is 1.85. The molecule has 0 saturated carbocycles. The first kappa shape index (κ1) is 13.2. The third kappa shape index (κ3) is 26.2. The molecule has 0 aromatic rings. The lowest BCUT2D eigenvalue weighted by Gasteiger charge is -1.94. The molecule has 0 radical (unpaired) electrons. The Labute approximate surface area is 69.9 Å². The summed E-state index contributed by atoms with van der Waals surface area (Å²) in [4.78, 5) is 4.09. The molecule has 3 heteroatoms. The molecule has 0 amide bonds. The Morgan fingerprint density at radius 2 is 1.82 bits per heavy atom. The molecular formula is C8H21N3. The average Bonchev–Trinajstić information content (AvgIpc) is 1.89. The molecule has 11 heavy (non-hydrogen) atoms. The average molecular weight is 159 g/mol. The molecule has 4 N–H and O–H groups in total. The highest BCUT2D eigenvalue weighted by molar-refractivity contribution is 5.57. The Kier molecular flexibility index (Phi) is 14.7. The van der Waals surface area contributed by atoms with Crippen molar-refractivity contribution in [1.29, 1.82) is 0 Å². The summed E-state index contributed by atoms with van der Waals surface area (Å²) in [6.07, 6.45) is 3.12. The SMILES string of the molecule is CCN=CCC(C)C.NCN. The van der Waals surface area contributed by atoms with Gasteiger partial charge < -0.3 is 11.5 Å². The van der Waals surface area contributed by atoms with Crippen molar-refractivity contribution in [1.82, 2.24) is 0 Å². The summed E-state index contributed by atoms with van der Waals surface area (Å²) in [5, 5.41) is 0. The molecule has 68 valence electrons. The molecule has 0 aromatic heterocycles. The zero-order valence-corrected chi connectivity index (χ0v) is 7.88. The fraction of sp³-hybridized carbons (Fsp3) is 0.875. The Morgan fingerprint density at radius 3 is 2.09 bits per heavy atom. The number of rotatable bonds is 3. The minimum absolute atomic E-state index is 0.250. The van der Waals surface area contributed by atoms with Crippen molar-refractivity contribution in [2.45, 2.75) is 27.2 Å². The molecular weight excluding hydrogens is 138 g/mol. The largest absolute Gasteiger partial charge is 0.319 e. The maximum atomic E-state index is 4.62. The molecule has 0 aliphatic heterocycles. The first-order valence-corrected chi connectivity index (χ1v) is 4.07. The maximum absolute atomic E-state index is 4.62. The summed E-state index contributed by atoms with van der Waals surface area (Å²) in [6, 6.07) is 0. The van der Waals surface area contributed by atoms with Crippen molar-refractivity contribution in [3.63, 3.8) is 0 Å². The van der Waals surface area contributed by atoms with Crippen LogP contribution in [-0.2, 0) is 0 Å². The van der Waals surface area contributed by atoms with Gasteiger partial charge in [0.2, 0.25) is 0 Å². The summed E-state index contributed by atoms with van der Waals surface area (Å²) < 4.78 is 0. The summed E-state index contributed by atoms with van der Waals surface area (Å²) in [5.41, 5.74) is 9.25. The van der Waals surface area contributed by atoms with Gasteiger partial charge in [0.1, 0.15) is 0 Å². The lowest BCUT2D eigenvalue weighted by molar-refractivity contribution is 0.689. The minimum atomic E-state index is 0.250. The van der Waals surface area contributed by atoms with Gasteiger partial charge in [0, 0.05) is 13.2 Å². The summed E-state index contributed by atoms with van der Waals surface area (Å²) in [5.74, 6) is 0.755. The van der Waals surface area contributed by atoms with Crippen molar-refractivity contribution in [3.8, 4) is 0 Å². The smallest absolute Gasteiger partial charge is 0.0403 e. The maximum Gasteiger partial charge on any atom is 0.0403 e. The van der Waals surface area contributed by atoms with E-state index >= 15 is 0 Å². The first-order chi connectivity index (χ1) is 5.18. The molecule has 0 unspecified atom stereocenters. The van der Waals surface area contributed by atoms with E-state index < -0.39 is 0 Å². The van der Waals surface area contributed by atoms with Crippen LogP contribution in [0, 0.1) is 5.92 Å². The van der Waals surface area contributed by atoms with Gasteiger partial charge in [0.05, 0.1) is 0 Å². The van der Waals surface area contributed by atoms with Gasteiger partial charge in [-0.25, -0.2) is 0 Å². The van der Waals surface area contributed by atoms with Crippen LogP contribution in [0.15, 0.2) is 4.99 Å². The lowest BCUT2D eigenvalue weighted by atomic mass is 10.2. The van der Waals surface area contributed by atoms with E-state index in [0.717, 1.165) is 18.9 Å². The van der Waals surface area contributed by atoms with Gasteiger partial charge in [0.25, 0.3) is 0 Å². The second-order valence-corrected chi connectivity index (χ2v) is 2.55. The second-order valence-electron chi connectivity index (χ2n) is 2.55. The zero-order chi connectivity index (χ0) is 9.11. The highest BCUT2D eigenvalue weighted by Crippen LogP contribution is 1.94. The van der Waals surface area contributed by atoms with Gasteiger partial charge in [-0.15, -0.1) is 0 Å². The van der Waals surface area contributed by atoms with Crippen LogP contribution in [0.1, 0.15) is 27.2 Å². The summed E-state index contributed by atoms with van der Waals surface area (Å²) in [7, 11) is 0. The Bertz CT molecular complexity index is 79.4. The minimum Gasteiger partial charge on any atom is -0.319 e. The van der Waals surface area contributed by atoms with Crippen molar-refractivity contribution < 1.29 is 0 Å². The third-order valence-corrected chi connectivity index (χ3v) is 0.888. The van der Waals surface area contributed by atoms with Crippen LogP contribution in [-0.4, -0.2) is 19.4 Å². The van der Waals surface area contributed by atoms with Crippen LogP contribution in [0.4, 0.5) is 0 Å². The van der Waals surface area contributed by atoms with E-state index in [4.69, 9.17) is 0 Å². The van der Waals surface area contributed by atoms with Crippen molar-refractivity contribution in [2.75, 3.05) is 13.2 Å². The fourth-order valence-electron chi connectivity index (χ4n) is 0.414. The third-order valence-electron chi connectivity index (χ3n) is 0.888. The molecule has 0 heterocycles. The number of aliphatic imine (C=N–C) groups is 1. The molecule has 0 aliphatic carbocycles. The Balaban J connectivity index is 0. The van der Waals surface area contributed by atoms with Gasteiger partial charge >= 0.3 is 0 Å². The van der Waals surface area contributed by atoms with E-state index in [1.54, 1.807) is 0 Å². The van der Waals surface area contributed by atoms with E-state index in [2.05, 4.69) is 37.2 Å². The van der Waals surface area contributed by atoms with Crippen molar-refractivity contribution in [2.24, 2.45) is 22.4 Å². The molecule has 0 rings (SSSR count). The van der Waals surface area contributed by atoms with Gasteiger partial charge in [-0.1, -0.05) is 13.8 Å². The van der Waals surface area contributed by atoms with Crippen LogP contribution < -0.4 is 11.5 Å². The lowest BCUT2D eigenvalue weighted by Crippen LogP contribution is -2.08. The summed E-state index contributed by atoms with van der Waals surface area (Å²) in [6.45, 7) is 7.62. The topological polar surface area (TPSA) is 64.4 Å². The Hall–Kier alpha value is -0.410. The van der Waals surface area contributed by atoms with Crippen LogP contribution in [0.25, 0.3) is 0 Å². The van der Waals surface area contributed by atoms with Crippen molar-refractivity contribution in [3.05, 3.63) is 0 Å². The molecule has 0 saturated heterocycles. The van der Waals surface area contributed by atoms with Crippen molar-refractivity contribution >= 4 is 6.21 Å². The zero-order valence-electron chi connectivity index (χ0n) is 7.88. The molecule has 0 aromatic carbocycles. The first-order valence-electron chi connectivity index (χ1n) is 4.07. The van der Waals surface area contributed by atoms with Crippen LogP contribution >= 0.6 is 0 Å². The monoisotopic (exact) mass is 159 g/mol. The molecule has 0 fully saturated rings. The number of hydrogen-bond donors (Lipinski definition) is 2. The van der Waals surface area contributed by atoms with Gasteiger partial charge in [-0.2, -0.15) is 0 Å². The fourth-order valence-corrected chi connectivity index (χ4v) is 0.414. The van der Waals surface area contributed by atoms with E-state index in [1.807, 2.05) is 6.21 Å². The predicted molar refractivity (Wildman–Crippen MR) is 51.7 cm³/mol. The van der Waals surface area contributed by atoms with Gasteiger partial charge in [-0.05, 0) is 25.5 Å². The molecule has 0 spiro atoms. The molecule has 0 aliphatic rings. The predicted octanol–water partition coefficient (Wildman–Crippen LogP) is 0.985. The standard InChI is InChI=1S/C7H15N.CH6N2/c1-4-8-6-5-7(2)3;2-1-3/h6-7H,4-5H2,1-3H3;1-3H2. The number of nitrogens with zero attached hydrogens (tertiary/aromatic N) is 1. The Morgan fingerprint density at radius 1 is 1.36 bits per heavy atom. The van der Waals surface area contributed by atoms with E-state index in [9.17, 15) is 0 Å². The van der Waals surface area contributed by atoms with Crippen LogP contribution in [0.3, 0.4) is 0 Å². The van der Waals surface area contributed by atoms with E-state index in [0.29, 0.717) is 0 Å². The van der Waals surface area contributed by atoms with Gasteiger partial charge in [0.15, 0.2) is 0 Å².